The van der Waals surface area contributed by atoms with E-state index in [0.717, 1.165) is 16.5 Å². The van der Waals surface area contributed by atoms with Gasteiger partial charge in [-0.05, 0) is 30.7 Å². The fourth-order valence-corrected chi connectivity index (χ4v) is 1.47. The zero-order valence-corrected chi connectivity index (χ0v) is 9.39. The van der Waals surface area contributed by atoms with Gasteiger partial charge in [0.25, 0.3) is 0 Å². The van der Waals surface area contributed by atoms with Crippen LogP contribution in [0, 0.1) is 5.82 Å². The number of hydrogen-bond donors (Lipinski definition) is 1. The normalized spacial score (nSPS) is 10.5. The highest BCUT2D eigenvalue weighted by Gasteiger charge is 2.00. The largest absolute Gasteiger partial charge is 0.377 e. The number of hydrogen-bond acceptors (Lipinski definition) is 2. The van der Waals surface area contributed by atoms with Gasteiger partial charge in [-0.2, -0.15) is 0 Å². The Morgan fingerprint density at radius 2 is 2.21 bits per heavy atom. The average Bonchev–Trinajstić information content (AvgIpc) is 2.15. The van der Waals surface area contributed by atoms with E-state index in [-0.39, 0.29) is 5.82 Å². The van der Waals surface area contributed by atoms with Crippen LogP contribution in [0.4, 0.5) is 4.39 Å². The first-order chi connectivity index (χ1) is 6.74. The molecule has 0 aliphatic carbocycles. The number of benzene rings is 1. The zero-order chi connectivity index (χ0) is 10.4. The summed E-state index contributed by atoms with van der Waals surface area (Å²) in [5.41, 5.74) is 6.27. The molecule has 0 radical (unpaired) electrons. The van der Waals surface area contributed by atoms with Crippen LogP contribution in [-0.4, -0.2) is 13.2 Å². The topological polar surface area (TPSA) is 35.2 Å². The Morgan fingerprint density at radius 3 is 2.86 bits per heavy atom. The molecule has 1 rings (SSSR count). The van der Waals surface area contributed by atoms with Crippen LogP contribution in [-0.2, 0) is 11.3 Å². The van der Waals surface area contributed by atoms with Crippen molar-refractivity contribution in [1.82, 2.24) is 0 Å². The molecule has 1 aromatic carbocycles. The summed E-state index contributed by atoms with van der Waals surface area (Å²) in [7, 11) is 0. The average molecular weight is 262 g/mol. The lowest BCUT2D eigenvalue weighted by Gasteiger charge is -2.05. The Hall–Kier alpha value is -0.450. The molecule has 0 saturated carbocycles. The first kappa shape index (κ1) is 11.6. The molecule has 0 aliphatic heterocycles. The number of rotatable bonds is 5. The Bertz CT molecular complexity index is 293. The van der Waals surface area contributed by atoms with Crippen molar-refractivity contribution in [3.05, 3.63) is 34.1 Å². The smallest absolute Gasteiger partial charge is 0.124 e. The van der Waals surface area contributed by atoms with Gasteiger partial charge in [-0.1, -0.05) is 22.0 Å². The van der Waals surface area contributed by atoms with Gasteiger partial charge in [-0.15, -0.1) is 0 Å². The molecule has 14 heavy (non-hydrogen) atoms. The lowest BCUT2D eigenvalue weighted by molar-refractivity contribution is 0.119. The summed E-state index contributed by atoms with van der Waals surface area (Å²) in [5, 5.41) is 0. The third-order valence-electron chi connectivity index (χ3n) is 1.77. The second-order valence-electron chi connectivity index (χ2n) is 2.93. The highest BCUT2D eigenvalue weighted by Crippen LogP contribution is 2.18. The third-order valence-corrected chi connectivity index (χ3v) is 2.50. The molecule has 0 bridgehead atoms. The quantitative estimate of drug-likeness (QED) is 0.827. The van der Waals surface area contributed by atoms with Gasteiger partial charge in [0.2, 0.25) is 0 Å². The van der Waals surface area contributed by atoms with Gasteiger partial charge in [0.1, 0.15) is 5.82 Å². The van der Waals surface area contributed by atoms with E-state index in [2.05, 4.69) is 15.9 Å². The molecule has 0 aliphatic rings. The molecule has 0 heterocycles. The van der Waals surface area contributed by atoms with Crippen LogP contribution in [0.2, 0.25) is 0 Å². The molecule has 2 nitrogen and oxygen atoms in total. The number of halogens is 2. The molecular weight excluding hydrogens is 249 g/mol. The van der Waals surface area contributed by atoms with Gasteiger partial charge in [0.05, 0.1) is 6.61 Å². The van der Waals surface area contributed by atoms with E-state index in [9.17, 15) is 4.39 Å². The molecule has 0 fully saturated rings. The minimum atomic E-state index is -0.248. The first-order valence-electron chi connectivity index (χ1n) is 4.46. The van der Waals surface area contributed by atoms with E-state index in [1.807, 2.05) is 0 Å². The van der Waals surface area contributed by atoms with Crippen molar-refractivity contribution < 1.29 is 9.13 Å². The van der Waals surface area contributed by atoms with E-state index < -0.39 is 0 Å². The second-order valence-corrected chi connectivity index (χ2v) is 3.78. The summed E-state index contributed by atoms with van der Waals surface area (Å²) >= 11 is 3.27. The van der Waals surface area contributed by atoms with Crippen molar-refractivity contribution in [3.8, 4) is 0 Å². The fraction of sp³-hybridized carbons (Fsp3) is 0.400. The van der Waals surface area contributed by atoms with Gasteiger partial charge in [-0.25, -0.2) is 4.39 Å². The predicted molar refractivity (Wildman–Crippen MR) is 57.4 cm³/mol. The summed E-state index contributed by atoms with van der Waals surface area (Å²) in [4.78, 5) is 0. The molecule has 2 N–H and O–H groups in total. The van der Waals surface area contributed by atoms with Gasteiger partial charge in [0.15, 0.2) is 0 Å². The first-order valence-corrected chi connectivity index (χ1v) is 5.25. The van der Waals surface area contributed by atoms with Crippen molar-refractivity contribution in [3.63, 3.8) is 0 Å². The van der Waals surface area contributed by atoms with Crippen molar-refractivity contribution in [2.75, 3.05) is 13.2 Å². The summed E-state index contributed by atoms with van der Waals surface area (Å²) in [6.45, 7) is 1.76. The standard InChI is InChI=1S/C10H13BrFNO/c11-10-6-9(12)3-2-8(10)7-14-5-1-4-13/h2-3,6H,1,4-5,7,13H2. The van der Waals surface area contributed by atoms with E-state index in [0.29, 0.717) is 19.8 Å². The van der Waals surface area contributed by atoms with Crippen LogP contribution in [0.1, 0.15) is 12.0 Å². The lowest BCUT2D eigenvalue weighted by atomic mass is 10.2. The van der Waals surface area contributed by atoms with Crippen molar-refractivity contribution in [2.24, 2.45) is 5.73 Å². The maximum atomic E-state index is 12.7. The summed E-state index contributed by atoms with van der Waals surface area (Å²) in [5.74, 6) is -0.248. The zero-order valence-electron chi connectivity index (χ0n) is 7.80. The van der Waals surface area contributed by atoms with Crippen molar-refractivity contribution in [1.29, 1.82) is 0 Å². The summed E-state index contributed by atoms with van der Waals surface area (Å²) in [6, 6.07) is 4.57. The Balaban J connectivity index is 2.42. The molecule has 0 unspecified atom stereocenters. The van der Waals surface area contributed by atoms with E-state index in [1.54, 1.807) is 6.07 Å². The maximum Gasteiger partial charge on any atom is 0.124 e. The molecule has 1 aromatic rings. The fourth-order valence-electron chi connectivity index (χ4n) is 1.01. The van der Waals surface area contributed by atoms with Crippen LogP contribution in [0.5, 0.6) is 0 Å². The number of nitrogens with two attached hydrogens (primary N) is 1. The predicted octanol–water partition coefficient (Wildman–Crippen LogP) is 2.45. The maximum absolute atomic E-state index is 12.7. The Labute approximate surface area is 91.4 Å². The van der Waals surface area contributed by atoms with Crippen LogP contribution in [0.15, 0.2) is 22.7 Å². The van der Waals surface area contributed by atoms with Crippen LogP contribution < -0.4 is 5.73 Å². The Kier molecular flexibility index (Phi) is 5.07. The second kappa shape index (κ2) is 6.11. The number of ether oxygens (including phenoxy) is 1. The minimum Gasteiger partial charge on any atom is -0.377 e. The van der Waals surface area contributed by atoms with E-state index in [4.69, 9.17) is 10.5 Å². The molecule has 4 heteroatoms. The summed E-state index contributed by atoms with van der Waals surface area (Å²) < 4.78 is 18.8. The molecule has 0 saturated heterocycles. The third kappa shape index (κ3) is 3.74. The van der Waals surface area contributed by atoms with Gasteiger partial charge in [0, 0.05) is 11.1 Å². The summed E-state index contributed by atoms with van der Waals surface area (Å²) in [6.07, 6.45) is 0.846. The minimum absolute atomic E-state index is 0.248. The van der Waals surface area contributed by atoms with E-state index >= 15 is 0 Å². The van der Waals surface area contributed by atoms with Gasteiger partial charge >= 0.3 is 0 Å². The Morgan fingerprint density at radius 1 is 1.43 bits per heavy atom. The molecule has 0 aromatic heterocycles. The highest BCUT2D eigenvalue weighted by molar-refractivity contribution is 9.10. The van der Waals surface area contributed by atoms with Crippen LogP contribution in [0.3, 0.4) is 0 Å². The molecule has 78 valence electrons. The molecule has 0 amide bonds. The van der Waals surface area contributed by atoms with Gasteiger partial charge in [-0.3, -0.25) is 0 Å². The molecular formula is C10H13BrFNO. The van der Waals surface area contributed by atoms with Gasteiger partial charge < -0.3 is 10.5 Å². The SMILES string of the molecule is NCCCOCc1ccc(F)cc1Br. The lowest BCUT2D eigenvalue weighted by Crippen LogP contribution is -2.04. The van der Waals surface area contributed by atoms with Crippen LogP contribution >= 0.6 is 15.9 Å². The van der Waals surface area contributed by atoms with Crippen molar-refractivity contribution >= 4 is 15.9 Å². The van der Waals surface area contributed by atoms with E-state index in [1.165, 1.54) is 12.1 Å². The van der Waals surface area contributed by atoms with Crippen LogP contribution in [0.25, 0.3) is 0 Å². The molecule has 0 spiro atoms. The highest BCUT2D eigenvalue weighted by atomic mass is 79.9. The van der Waals surface area contributed by atoms with Crippen molar-refractivity contribution in [2.45, 2.75) is 13.0 Å². The molecule has 0 atom stereocenters. The monoisotopic (exact) mass is 261 g/mol.